The molecule has 206 valence electrons. The van der Waals surface area contributed by atoms with Gasteiger partial charge in [-0.15, -0.1) is 0 Å². The average molecular weight is 548 g/mol. The summed E-state index contributed by atoms with van der Waals surface area (Å²) in [6.45, 7) is 5.99. The van der Waals surface area contributed by atoms with Crippen LogP contribution in [0, 0.1) is 26.7 Å². The van der Waals surface area contributed by atoms with Gasteiger partial charge in [0.15, 0.2) is 0 Å². The molecule has 0 bridgehead atoms. The second kappa shape index (κ2) is 10.4. The number of halogens is 2. The van der Waals surface area contributed by atoms with Gasteiger partial charge >= 0.3 is 0 Å². The van der Waals surface area contributed by atoms with Gasteiger partial charge in [0.1, 0.15) is 11.5 Å². The number of aromatic nitrogens is 2. The van der Waals surface area contributed by atoms with Crippen LogP contribution in [-0.4, -0.2) is 15.9 Å². The molecule has 41 heavy (non-hydrogen) atoms. The first-order valence-electron chi connectivity index (χ1n) is 13.8. The van der Waals surface area contributed by atoms with E-state index in [2.05, 4.69) is 77.7 Å². The maximum atomic E-state index is 14.7. The van der Waals surface area contributed by atoms with E-state index < -0.39 is 17.7 Å². The van der Waals surface area contributed by atoms with E-state index in [1.54, 1.807) is 19.1 Å². The highest BCUT2D eigenvalue weighted by Gasteiger charge is 2.48. The van der Waals surface area contributed by atoms with Crippen LogP contribution in [0.4, 0.5) is 14.5 Å². The SMILES string of the molecule is Cc1cccc(C)c1-c1cc(-c2ccccc2)cc(-c2nc(C(=O)Nc3cccc(C(F)(F)C4CC4)c3)c(C)[nH]2)c1. The molecule has 4 aromatic carbocycles. The Kier molecular flexibility index (Phi) is 6.78. The third kappa shape index (κ3) is 5.30. The number of H-pyrrole nitrogens is 1. The molecule has 1 amide bonds. The molecule has 1 fully saturated rings. The summed E-state index contributed by atoms with van der Waals surface area (Å²) in [6.07, 6.45) is 1.05. The first-order chi connectivity index (χ1) is 19.7. The third-order valence-electron chi connectivity index (χ3n) is 7.78. The smallest absolute Gasteiger partial charge is 0.276 e. The van der Waals surface area contributed by atoms with Gasteiger partial charge in [-0.3, -0.25) is 4.79 Å². The average Bonchev–Trinajstić information content (AvgIpc) is 3.76. The zero-order chi connectivity index (χ0) is 28.7. The van der Waals surface area contributed by atoms with Crippen molar-refractivity contribution in [2.75, 3.05) is 5.32 Å². The lowest BCUT2D eigenvalue weighted by Gasteiger charge is -2.17. The summed E-state index contributed by atoms with van der Waals surface area (Å²) >= 11 is 0. The summed E-state index contributed by atoms with van der Waals surface area (Å²) < 4.78 is 29.3. The Morgan fingerprint density at radius 1 is 0.805 bits per heavy atom. The monoisotopic (exact) mass is 547 g/mol. The Bertz CT molecular complexity index is 1730. The molecule has 1 saturated carbocycles. The molecule has 4 nitrogen and oxygen atoms in total. The van der Waals surface area contributed by atoms with Crippen LogP contribution >= 0.6 is 0 Å². The molecule has 1 aliphatic carbocycles. The Morgan fingerprint density at radius 2 is 1.46 bits per heavy atom. The maximum Gasteiger partial charge on any atom is 0.276 e. The number of hydrogen-bond donors (Lipinski definition) is 2. The number of alkyl halides is 2. The standard InChI is InChI=1S/C35H31F2N3O/c1-21-9-7-10-22(2)31(21)26-17-25(24-11-5-4-6-12-24)18-27(19-26)33-38-23(3)32(40-33)34(41)39-30-14-8-13-29(20-30)35(36,37)28-15-16-28/h4-14,17-20,28H,15-16H2,1-3H3,(H,38,40)(H,39,41). The lowest BCUT2D eigenvalue weighted by Crippen LogP contribution is -2.18. The molecular formula is C35H31F2N3O. The highest BCUT2D eigenvalue weighted by atomic mass is 19.3. The van der Waals surface area contributed by atoms with E-state index in [-0.39, 0.29) is 11.3 Å². The largest absolute Gasteiger partial charge is 0.341 e. The number of hydrogen-bond acceptors (Lipinski definition) is 2. The highest BCUT2D eigenvalue weighted by molar-refractivity contribution is 6.04. The van der Waals surface area contributed by atoms with Crippen LogP contribution < -0.4 is 5.32 Å². The molecule has 0 radical (unpaired) electrons. The number of nitrogens with one attached hydrogen (secondary N) is 2. The summed E-state index contributed by atoms with van der Waals surface area (Å²) in [4.78, 5) is 21.2. The van der Waals surface area contributed by atoms with Gasteiger partial charge in [-0.05, 0) is 97.3 Å². The Labute approximate surface area is 238 Å². The van der Waals surface area contributed by atoms with Gasteiger partial charge in [0.2, 0.25) is 0 Å². The highest BCUT2D eigenvalue weighted by Crippen LogP contribution is 2.50. The van der Waals surface area contributed by atoms with Crippen molar-refractivity contribution < 1.29 is 13.6 Å². The van der Waals surface area contributed by atoms with Gasteiger partial charge in [-0.25, -0.2) is 13.8 Å². The molecule has 6 rings (SSSR count). The van der Waals surface area contributed by atoms with Crippen LogP contribution in [0.5, 0.6) is 0 Å². The molecule has 1 aliphatic rings. The van der Waals surface area contributed by atoms with Gasteiger partial charge in [-0.1, -0.05) is 60.7 Å². The molecule has 0 saturated heterocycles. The molecule has 6 heteroatoms. The number of rotatable bonds is 7. The summed E-state index contributed by atoms with van der Waals surface area (Å²) in [6, 6.07) is 28.7. The van der Waals surface area contributed by atoms with E-state index in [0.717, 1.165) is 27.8 Å². The number of nitrogens with zero attached hydrogens (tertiary/aromatic N) is 1. The van der Waals surface area contributed by atoms with Crippen molar-refractivity contribution in [2.45, 2.75) is 39.5 Å². The first-order valence-corrected chi connectivity index (χ1v) is 13.8. The fraction of sp³-hybridized carbons (Fsp3) is 0.200. The second-order valence-electron chi connectivity index (χ2n) is 10.9. The topological polar surface area (TPSA) is 57.8 Å². The number of carbonyl (C=O) groups excluding carboxylic acids is 1. The normalized spacial score (nSPS) is 13.3. The summed E-state index contributed by atoms with van der Waals surface area (Å²) in [5, 5.41) is 2.77. The number of anilines is 1. The third-order valence-corrected chi connectivity index (χ3v) is 7.78. The minimum Gasteiger partial charge on any atom is -0.341 e. The fourth-order valence-electron chi connectivity index (χ4n) is 5.47. The van der Waals surface area contributed by atoms with E-state index in [0.29, 0.717) is 30.0 Å². The Morgan fingerprint density at radius 3 is 2.17 bits per heavy atom. The summed E-state index contributed by atoms with van der Waals surface area (Å²) in [7, 11) is 0. The molecule has 0 aliphatic heterocycles. The van der Waals surface area contributed by atoms with Crippen LogP contribution in [0.1, 0.15) is 45.7 Å². The number of aryl methyl sites for hydroxylation is 3. The van der Waals surface area contributed by atoms with Crippen LogP contribution in [0.2, 0.25) is 0 Å². The van der Waals surface area contributed by atoms with Gasteiger partial charge in [0.25, 0.3) is 11.8 Å². The van der Waals surface area contributed by atoms with Crippen LogP contribution in [0.3, 0.4) is 0 Å². The minimum atomic E-state index is -2.90. The molecule has 0 atom stereocenters. The summed E-state index contributed by atoms with van der Waals surface area (Å²) in [5.41, 5.74) is 8.58. The zero-order valence-corrected chi connectivity index (χ0v) is 23.3. The number of aromatic amines is 1. The van der Waals surface area contributed by atoms with Crippen molar-refractivity contribution in [1.82, 2.24) is 9.97 Å². The van der Waals surface area contributed by atoms with Crippen molar-refractivity contribution in [3.8, 4) is 33.6 Å². The van der Waals surface area contributed by atoms with E-state index in [1.165, 1.54) is 23.3 Å². The van der Waals surface area contributed by atoms with E-state index >= 15 is 0 Å². The minimum absolute atomic E-state index is 0.0750. The van der Waals surface area contributed by atoms with Gasteiger partial charge < -0.3 is 10.3 Å². The van der Waals surface area contributed by atoms with Crippen molar-refractivity contribution >= 4 is 11.6 Å². The second-order valence-corrected chi connectivity index (χ2v) is 10.9. The number of benzene rings is 4. The first kappa shape index (κ1) is 26.6. The molecular weight excluding hydrogens is 516 g/mol. The van der Waals surface area contributed by atoms with Gasteiger partial charge in [-0.2, -0.15) is 0 Å². The van der Waals surface area contributed by atoms with E-state index in [1.807, 2.05) is 18.2 Å². The molecule has 1 aromatic heterocycles. The predicted octanol–water partition coefficient (Wildman–Crippen LogP) is 9.09. The van der Waals surface area contributed by atoms with Crippen molar-refractivity contribution in [2.24, 2.45) is 5.92 Å². The molecule has 2 N–H and O–H groups in total. The Balaban J connectivity index is 1.36. The molecule has 1 heterocycles. The fourth-order valence-corrected chi connectivity index (χ4v) is 5.47. The van der Waals surface area contributed by atoms with Gasteiger partial charge in [0.05, 0.1) is 0 Å². The molecule has 0 unspecified atom stereocenters. The lowest BCUT2D eigenvalue weighted by molar-refractivity contribution is -0.0285. The number of carbonyl (C=O) groups is 1. The molecule has 5 aromatic rings. The van der Waals surface area contributed by atoms with Crippen LogP contribution in [-0.2, 0) is 5.92 Å². The van der Waals surface area contributed by atoms with Crippen LogP contribution in [0.15, 0.2) is 91.0 Å². The molecule has 0 spiro atoms. The lowest BCUT2D eigenvalue weighted by atomic mass is 9.91. The summed E-state index contributed by atoms with van der Waals surface area (Å²) in [5.74, 6) is -3.41. The van der Waals surface area contributed by atoms with Crippen molar-refractivity contribution in [3.05, 3.63) is 119 Å². The number of imidazole rings is 1. The van der Waals surface area contributed by atoms with E-state index in [9.17, 15) is 13.6 Å². The Hall–Kier alpha value is -4.58. The van der Waals surface area contributed by atoms with Crippen molar-refractivity contribution in [3.63, 3.8) is 0 Å². The van der Waals surface area contributed by atoms with Gasteiger partial charge in [0, 0.05) is 28.4 Å². The van der Waals surface area contributed by atoms with Crippen molar-refractivity contribution in [1.29, 1.82) is 0 Å². The zero-order valence-electron chi connectivity index (χ0n) is 23.3. The quantitative estimate of drug-likeness (QED) is 0.213. The maximum absolute atomic E-state index is 14.7. The number of amides is 1. The van der Waals surface area contributed by atoms with Crippen LogP contribution in [0.25, 0.3) is 33.6 Å². The predicted molar refractivity (Wildman–Crippen MR) is 160 cm³/mol. The van der Waals surface area contributed by atoms with E-state index in [4.69, 9.17) is 0 Å².